The van der Waals surface area contributed by atoms with Gasteiger partial charge in [0.05, 0.1) is 12.2 Å². The molecule has 17 heavy (non-hydrogen) atoms. The Labute approximate surface area is 100 Å². The predicted molar refractivity (Wildman–Crippen MR) is 66.7 cm³/mol. The summed E-state index contributed by atoms with van der Waals surface area (Å²) in [6.45, 7) is 6.25. The number of rotatable bonds is 3. The Bertz CT molecular complexity index is 514. The average molecular weight is 232 g/mol. The van der Waals surface area contributed by atoms with Crippen molar-refractivity contribution >= 4 is 11.5 Å². The molecule has 0 saturated carbocycles. The number of anilines is 2. The second kappa shape index (κ2) is 4.45. The quantitative estimate of drug-likeness (QED) is 0.848. The van der Waals surface area contributed by atoms with Gasteiger partial charge in [-0.25, -0.2) is 9.97 Å². The molecule has 3 N–H and O–H groups in total. The number of hydrogen-bond acceptors (Lipinski definition) is 5. The van der Waals surface area contributed by atoms with E-state index >= 15 is 0 Å². The number of nitrogens with one attached hydrogen (secondary N) is 1. The summed E-state index contributed by atoms with van der Waals surface area (Å²) < 4.78 is 5.46. The van der Waals surface area contributed by atoms with E-state index in [-0.39, 0.29) is 0 Å². The van der Waals surface area contributed by atoms with Gasteiger partial charge in [-0.2, -0.15) is 0 Å². The van der Waals surface area contributed by atoms with E-state index < -0.39 is 0 Å². The first-order valence-corrected chi connectivity index (χ1v) is 5.45. The fourth-order valence-corrected chi connectivity index (χ4v) is 1.42. The first kappa shape index (κ1) is 11.4. The summed E-state index contributed by atoms with van der Waals surface area (Å²) in [4.78, 5) is 8.50. The van der Waals surface area contributed by atoms with Gasteiger partial charge < -0.3 is 15.5 Å². The maximum Gasteiger partial charge on any atom is 0.213 e. The van der Waals surface area contributed by atoms with Crippen LogP contribution in [0.25, 0.3) is 0 Å². The molecule has 0 aliphatic rings. The number of nitrogen functional groups attached to an aromatic ring is 1. The molecule has 0 fully saturated rings. The molecule has 5 heteroatoms. The number of aromatic nitrogens is 2. The molecule has 0 unspecified atom stereocenters. The molecule has 0 bridgehead atoms. The Kier molecular flexibility index (Phi) is 2.99. The molecule has 2 rings (SSSR count). The van der Waals surface area contributed by atoms with E-state index in [0.717, 1.165) is 28.5 Å². The molecule has 2 heterocycles. The Hall–Kier alpha value is -2.04. The molecule has 0 saturated heterocycles. The zero-order valence-electron chi connectivity index (χ0n) is 10.2. The summed E-state index contributed by atoms with van der Waals surface area (Å²) in [6.07, 6.45) is 1.74. The average Bonchev–Trinajstić information content (AvgIpc) is 2.60. The van der Waals surface area contributed by atoms with Crippen LogP contribution in [0, 0.1) is 20.8 Å². The van der Waals surface area contributed by atoms with Crippen LogP contribution in [0.3, 0.4) is 0 Å². The molecule has 0 amide bonds. The second-order valence-corrected chi connectivity index (χ2v) is 4.03. The molecular formula is C12H16N4O. The molecule has 0 aliphatic heterocycles. The standard InChI is InChI=1S/C12H16N4O/c1-7-5-14-11(4-10(7)13)15-6-12-16-8(2)9(3)17-12/h4-5H,6H2,1-3H3,(H3,13,14,15). The Balaban J connectivity index is 2.04. The molecule has 0 spiro atoms. The van der Waals surface area contributed by atoms with Crippen LogP contribution in [0.1, 0.15) is 22.9 Å². The van der Waals surface area contributed by atoms with E-state index in [4.69, 9.17) is 10.2 Å². The fourth-order valence-electron chi connectivity index (χ4n) is 1.42. The van der Waals surface area contributed by atoms with E-state index in [2.05, 4.69) is 15.3 Å². The summed E-state index contributed by atoms with van der Waals surface area (Å²) in [7, 11) is 0. The third kappa shape index (κ3) is 2.55. The minimum atomic E-state index is 0.504. The first-order chi connectivity index (χ1) is 8.06. The highest BCUT2D eigenvalue weighted by atomic mass is 16.4. The van der Waals surface area contributed by atoms with Gasteiger partial charge in [0.15, 0.2) is 0 Å². The topological polar surface area (TPSA) is 77.0 Å². The van der Waals surface area contributed by atoms with Crippen molar-refractivity contribution in [3.8, 4) is 0 Å². The lowest BCUT2D eigenvalue weighted by molar-refractivity contribution is 0.478. The van der Waals surface area contributed by atoms with E-state index in [1.165, 1.54) is 0 Å². The van der Waals surface area contributed by atoms with Gasteiger partial charge in [-0.3, -0.25) is 0 Å². The minimum Gasteiger partial charge on any atom is -0.444 e. The molecule has 90 valence electrons. The van der Waals surface area contributed by atoms with Crippen molar-refractivity contribution in [2.75, 3.05) is 11.1 Å². The van der Waals surface area contributed by atoms with Gasteiger partial charge in [0.1, 0.15) is 11.6 Å². The van der Waals surface area contributed by atoms with E-state index in [0.29, 0.717) is 12.4 Å². The van der Waals surface area contributed by atoms with Crippen molar-refractivity contribution in [3.05, 3.63) is 35.2 Å². The molecule has 5 nitrogen and oxygen atoms in total. The number of pyridine rings is 1. The van der Waals surface area contributed by atoms with Crippen LogP contribution in [0.4, 0.5) is 11.5 Å². The molecule has 2 aromatic heterocycles. The van der Waals surface area contributed by atoms with Gasteiger partial charge in [0.25, 0.3) is 0 Å². The van der Waals surface area contributed by atoms with Gasteiger partial charge >= 0.3 is 0 Å². The Morgan fingerprint density at radius 2 is 2.12 bits per heavy atom. The number of aryl methyl sites for hydroxylation is 3. The smallest absolute Gasteiger partial charge is 0.213 e. The molecule has 0 atom stereocenters. The lowest BCUT2D eigenvalue weighted by Gasteiger charge is -2.05. The van der Waals surface area contributed by atoms with E-state index in [1.807, 2.05) is 20.8 Å². The zero-order chi connectivity index (χ0) is 12.4. The number of oxazole rings is 1. The molecule has 0 aliphatic carbocycles. The zero-order valence-corrected chi connectivity index (χ0v) is 10.2. The number of nitrogens with two attached hydrogens (primary N) is 1. The van der Waals surface area contributed by atoms with Crippen LogP contribution in [-0.4, -0.2) is 9.97 Å². The Morgan fingerprint density at radius 1 is 1.35 bits per heavy atom. The minimum absolute atomic E-state index is 0.504. The van der Waals surface area contributed by atoms with Crippen LogP contribution in [0.2, 0.25) is 0 Å². The third-order valence-corrected chi connectivity index (χ3v) is 2.64. The van der Waals surface area contributed by atoms with Crippen molar-refractivity contribution in [1.82, 2.24) is 9.97 Å². The molecule has 2 aromatic rings. The molecule has 0 aromatic carbocycles. The fraction of sp³-hybridized carbons (Fsp3) is 0.333. The monoisotopic (exact) mass is 232 g/mol. The van der Waals surface area contributed by atoms with Crippen LogP contribution < -0.4 is 11.1 Å². The van der Waals surface area contributed by atoms with Crippen molar-refractivity contribution in [1.29, 1.82) is 0 Å². The van der Waals surface area contributed by atoms with Gasteiger partial charge in [0.2, 0.25) is 5.89 Å². The first-order valence-electron chi connectivity index (χ1n) is 5.45. The van der Waals surface area contributed by atoms with Crippen molar-refractivity contribution in [2.45, 2.75) is 27.3 Å². The summed E-state index contributed by atoms with van der Waals surface area (Å²) in [5, 5.41) is 3.12. The third-order valence-electron chi connectivity index (χ3n) is 2.64. The van der Waals surface area contributed by atoms with Crippen molar-refractivity contribution in [2.24, 2.45) is 0 Å². The normalized spacial score (nSPS) is 10.5. The van der Waals surface area contributed by atoms with E-state index in [9.17, 15) is 0 Å². The molecular weight excluding hydrogens is 216 g/mol. The number of hydrogen-bond donors (Lipinski definition) is 2. The summed E-state index contributed by atoms with van der Waals surface area (Å²) in [5.41, 5.74) is 8.41. The largest absolute Gasteiger partial charge is 0.444 e. The van der Waals surface area contributed by atoms with Crippen LogP contribution in [0.15, 0.2) is 16.7 Å². The highest BCUT2D eigenvalue weighted by Gasteiger charge is 2.05. The van der Waals surface area contributed by atoms with Gasteiger partial charge in [0, 0.05) is 18.0 Å². The molecule has 0 radical (unpaired) electrons. The predicted octanol–water partition coefficient (Wildman–Crippen LogP) is 2.19. The van der Waals surface area contributed by atoms with Gasteiger partial charge in [-0.05, 0) is 26.3 Å². The summed E-state index contributed by atoms with van der Waals surface area (Å²) >= 11 is 0. The maximum absolute atomic E-state index is 5.80. The summed E-state index contributed by atoms with van der Waals surface area (Å²) in [5.74, 6) is 2.22. The van der Waals surface area contributed by atoms with E-state index in [1.54, 1.807) is 12.3 Å². The second-order valence-electron chi connectivity index (χ2n) is 4.03. The highest BCUT2D eigenvalue weighted by molar-refractivity contribution is 5.53. The summed E-state index contributed by atoms with van der Waals surface area (Å²) in [6, 6.07) is 1.80. The van der Waals surface area contributed by atoms with Crippen LogP contribution >= 0.6 is 0 Å². The number of nitrogens with zero attached hydrogens (tertiary/aromatic N) is 2. The lowest BCUT2D eigenvalue weighted by atomic mass is 10.2. The lowest BCUT2D eigenvalue weighted by Crippen LogP contribution is -2.03. The van der Waals surface area contributed by atoms with Crippen molar-refractivity contribution < 1.29 is 4.42 Å². The van der Waals surface area contributed by atoms with Gasteiger partial charge in [-0.1, -0.05) is 0 Å². The maximum atomic E-state index is 5.80. The van der Waals surface area contributed by atoms with Gasteiger partial charge in [-0.15, -0.1) is 0 Å². The van der Waals surface area contributed by atoms with Crippen molar-refractivity contribution in [3.63, 3.8) is 0 Å². The van der Waals surface area contributed by atoms with Crippen LogP contribution in [-0.2, 0) is 6.54 Å². The SMILES string of the molecule is Cc1cnc(NCc2nc(C)c(C)o2)cc1N. The highest BCUT2D eigenvalue weighted by Crippen LogP contribution is 2.15. The van der Waals surface area contributed by atoms with Crippen LogP contribution in [0.5, 0.6) is 0 Å². The Morgan fingerprint density at radius 3 is 2.71 bits per heavy atom.